The van der Waals surface area contributed by atoms with Crippen molar-refractivity contribution in [2.75, 3.05) is 13.2 Å². The Kier molecular flexibility index (Phi) is 6.20. The first-order chi connectivity index (χ1) is 14.3. The topological polar surface area (TPSA) is 71.2 Å². The van der Waals surface area contributed by atoms with Crippen molar-refractivity contribution in [2.45, 2.75) is 51.1 Å². The Morgan fingerprint density at radius 2 is 2.03 bits per heavy atom. The van der Waals surface area contributed by atoms with Gasteiger partial charge in [0.05, 0.1) is 11.9 Å². The zero-order valence-electron chi connectivity index (χ0n) is 16.7. The minimum absolute atomic E-state index is 0.0286. The van der Waals surface area contributed by atoms with E-state index in [-0.39, 0.29) is 18.6 Å². The molecule has 1 atom stereocenters. The molecule has 3 heterocycles. The molecule has 6 heteroatoms. The molecule has 4 rings (SSSR count). The Hall–Kier alpha value is -2.73. The first-order valence-electron chi connectivity index (χ1n) is 10.5. The molecule has 1 aromatic carbocycles. The molecule has 0 radical (unpaired) electrons. The second-order valence-electron chi connectivity index (χ2n) is 7.75. The molecule has 3 aromatic rings. The molecule has 29 heavy (non-hydrogen) atoms. The van der Waals surface area contributed by atoms with Gasteiger partial charge < -0.3 is 14.6 Å². The molecule has 0 aliphatic carbocycles. The molecule has 1 amide bonds. The molecule has 1 N–H and O–H groups in total. The van der Waals surface area contributed by atoms with Crippen LogP contribution in [-0.2, 0) is 13.0 Å². The summed E-state index contributed by atoms with van der Waals surface area (Å²) in [6.45, 7) is 1.75. The lowest BCUT2D eigenvalue weighted by Crippen LogP contribution is -2.43. The summed E-state index contributed by atoms with van der Waals surface area (Å²) >= 11 is 0. The quantitative estimate of drug-likeness (QED) is 0.669. The monoisotopic (exact) mass is 392 g/mol. The van der Waals surface area contributed by atoms with E-state index in [4.69, 9.17) is 5.11 Å². The van der Waals surface area contributed by atoms with Crippen LogP contribution < -0.4 is 0 Å². The Morgan fingerprint density at radius 3 is 2.86 bits per heavy atom. The van der Waals surface area contributed by atoms with E-state index in [2.05, 4.69) is 22.1 Å². The third-order valence-corrected chi connectivity index (χ3v) is 5.77. The highest BCUT2D eigenvalue weighted by Gasteiger charge is 2.27. The Labute approximate surface area is 171 Å². The van der Waals surface area contributed by atoms with E-state index in [1.807, 2.05) is 33.7 Å². The van der Waals surface area contributed by atoms with E-state index < -0.39 is 0 Å². The van der Waals surface area contributed by atoms with Crippen LogP contribution in [0.25, 0.3) is 11.2 Å². The highest BCUT2D eigenvalue weighted by atomic mass is 16.3. The van der Waals surface area contributed by atoms with Crippen LogP contribution >= 0.6 is 0 Å². The number of rotatable bonds is 7. The number of likely N-dealkylation sites (tertiary alicyclic amines) is 1. The van der Waals surface area contributed by atoms with Gasteiger partial charge in [-0.05, 0) is 50.2 Å². The SMILES string of the molecule is O=C(c1cnc2c(c1)ncn2CCc1ccccc1)N1CCCCC1CCCO. The highest BCUT2D eigenvalue weighted by molar-refractivity contribution is 5.96. The lowest BCUT2D eigenvalue weighted by Gasteiger charge is -2.36. The normalized spacial score (nSPS) is 17.0. The smallest absolute Gasteiger partial charge is 0.255 e. The fourth-order valence-corrected chi connectivity index (χ4v) is 4.18. The Balaban J connectivity index is 1.49. The average molecular weight is 393 g/mol. The summed E-state index contributed by atoms with van der Waals surface area (Å²) in [5, 5.41) is 9.15. The number of hydrogen-bond donors (Lipinski definition) is 1. The van der Waals surface area contributed by atoms with Crippen molar-refractivity contribution in [2.24, 2.45) is 0 Å². The first kappa shape index (κ1) is 19.6. The van der Waals surface area contributed by atoms with Crippen LogP contribution in [0.2, 0.25) is 0 Å². The zero-order chi connectivity index (χ0) is 20.1. The molecular formula is C23H28N4O2. The molecule has 0 spiro atoms. The number of carbonyl (C=O) groups is 1. The summed E-state index contributed by atoms with van der Waals surface area (Å²) in [7, 11) is 0. The first-order valence-corrected chi connectivity index (χ1v) is 10.5. The van der Waals surface area contributed by atoms with Crippen molar-refractivity contribution in [1.29, 1.82) is 0 Å². The number of aromatic nitrogens is 3. The fourth-order valence-electron chi connectivity index (χ4n) is 4.18. The molecule has 1 fully saturated rings. The van der Waals surface area contributed by atoms with E-state index in [1.54, 1.807) is 12.5 Å². The van der Waals surface area contributed by atoms with Crippen molar-refractivity contribution in [1.82, 2.24) is 19.4 Å². The molecular weight excluding hydrogens is 364 g/mol. The van der Waals surface area contributed by atoms with Crippen LogP contribution in [0.3, 0.4) is 0 Å². The minimum Gasteiger partial charge on any atom is -0.396 e. The number of imidazole rings is 1. The largest absolute Gasteiger partial charge is 0.396 e. The van der Waals surface area contributed by atoms with Crippen LogP contribution in [0.4, 0.5) is 0 Å². The second kappa shape index (κ2) is 9.18. The van der Waals surface area contributed by atoms with Crippen molar-refractivity contribution in [3.8, 4) is 0 Å². The van der Waals surface area contributed by atoms with Crippen molar-refractivity contribution in [3.05, 3.63) is 60.0 Å². The average Bonchev–Trinajstić information content (AvgIpc) is 3.19. The van der Waals surface area contributed by atoms with E-state index >= 15 is 0 Å². The van der Waals surface area contributed by atoms with Crippen LogP contribution in [0.1, 0.15) is 48.0 Å². The summed E-state index contributed by atoms with van der Waals surface area (Å²) < 4.78 is 2.04. The molecule has 1 aliphatic heterocycles. The lowest BCUT2D eigenvalue weighted by molar-refractivity contribution is 0.0590. The van der Waals surface area contributed by atoms with Gasteiger partial charge in [-0.2, -0.15) is 0 Å². The number of hydrogen-bond acceptors (Lipinski definition) is 4. The molecule has 1 saturated heterocycles. The number of piperidine rings is 1. The van der Waals surface area contributed by atoms with Crippen LogP contribution in [-0.4, -0.2) is 49.6 Å². The molecule has 0 bridgehead atoms. The number of benzene rings is 1. The highest BCUT2D eigenvalue weighted by Crippen LogP contribution is 2.24. The molecule has 0 saturated carbocycles. The van der Waals surface area contributed by atoms with E-state index in [0.717, 1.165) is 62.8 Å². The number of pyridine rings is 1. The van der Waals surface area contributed by atoms with Crippen molar-refractivity contribution >= 4 is 17.1 Å². The third-order valence-electron chi connectivity index (χ3n) is 5.77. The van der Waals surface area contributed by atoms with Gasteiger partial charge in [-0.25, -0.2) is 9.97 Å². The molecule has 6 nitrogen and oxygen atoms in total. The summed E-state index contributed by atoms with van der Waals surface area (Å²) in [4.78, 5) is 24.1. The maximum atomic E-state index is 13.1. The number of amides is 1. The summed E-state index contributed by atoms with van der Waals surface area (Å²) in [6.07, 6.45) is 9.17. The summed E-state index contributed by atoms with van der Waals surface area (Å²) in [6, 6.07) is 12.4. The van der Waals surface area contributed by atoms with Gasteiger partial charge in [-0.15, -0.1) is 0 Å². The zero-order valence-corrected chi connectivity index (χ0v) is 16.7. The predicted octanol–water partition coefficient (Wildman–Crippen LogP) is 3.44. The number of aryl methyl sites for hydroxylation is 2. The van der Waals surface area contributed by atoms with E-state index in [9.17, 15) is 4.79 Å². The molecule has 152 valence electrons. The number of nitrogens with zero attached hydrogens (tertiary/aromatic N) is 4. The molecule has 1 aliphatic rings. The van der Waals surface area contributed by atoms with Crippen molar-refractivity contribution < 1.29 is 9.90 Å². The molecule has 2 aromatic heterocycles. The second-order valence-corrected chi connectivity index (χ2v) is 7.75. The maximum Gasteiger partial charge on any atom is 0.255 e. The predicted molar refractivity (Wildman–Crippen MR) is 113 cm³/mol. The van der Waals surface area contributed by atoms with Gasteiger partial charge in [0.25, 0.3) is 5.91 Å². The van der Waals surface area contributed by atoms with Crippen LogP contribution in [0.5, 0.6) is 0 Å². The Morgan fingerprint density at radius 1 is 1.17 bits per heavy atom. The van der Waals surface area contributed by atoms with Crippen LogP contribution in [0.15, 0.2) is 48.9 Å². The Bertz CT molecular complexity index is 954. The number of fused-ring (bicyclic) bond motifs is 1. The number of aliphatic hydroxyl groups excluding tert-OH is 1. The third kappa shape index (κ3) is 4.48. The molecule has 1 unspecified atom stereocenters. The summed E-state index contributed by atoms with van der Waals surface area (Å²) in [5.41, 5.74) is 3.45. The van der Waals surface area contributed by atoms with Gasteiger partial charge in [0, 0.05) is 31.9 Å². The van der Waals surface area contributed by atoms with E-state index in [0.29, 0.717) is 5.56 Å². The lowest BCUT2D eigenvalue weighted by atomic mass is 9.97. The van der Waals surface area contributed by atoms with Gasteiger partial charge in [0.1, 0.15) is 5.52 Å². The van der Waals surface area contributed by atoms with Crippen LogP contribution in [0, 0.1) is 0 Å². The van der Waals surface area contributed by atoms with Gasteiger partial charge >= 0.3 is 0 Å². The van der Waals surface area contributed by atoms with Gasteiger partial charge in [0.2, 0.25) is 0 Å². The number of carbonyl (C=O) groups excluding carboxylic acids is 1. The maximum absolute atomic E-state index is 13.1. The van der Waals surface area contributed by atoms with Gasteiger partial charge in [0.15, 0.2) is 5.65 Å². The van der Waals surface area contributed by atoms with Gasteiger partial charge in [-0.3, -0.25) is 4.79 Å². The fraction of sp³-hybridized carbons (Fsp3) is 0.435. The standard InChI is InChI=1S/C23H28N4O2/c28-14-6-10-20-9-4-5-12-27(20)23(29)19-15-21-22(24-16-19)26(17-25-21)13-11-18-7-2-1-3-8-18/h1-3,7-8,15-17,20,28H,4-6,9-14H2. The minimum atomic E-state index is 0.0286. The van der Waals surface area contributed by atoms with Gasteiger partial charge in [-0.1, -0.05) is 30.3 Å². The summed E-state index contributed by atoms with van der Waals surface area (Å²) in [5.74, 6) is 0.0286. The number of aliphatic hydroxyl groups is 1. The van der Waals surface area contributed by atoms with Crippen molar-refractivity contribution in [3.63, 3.8) is 0 Å². The van der Waals surface area contributed by atoms with E-state index in [1.165, 1.54) is 5.56 Å².